The van der Waals surface area contributed by atoms with Crippen molar-refractivity contribution in [2.75, 3.05) is 6.61 Å². The maximum absolute atomic E-state index is 11.4. The number of hydrogen-bond donors (Lipinski definition) is 0. The fourth-order valence-corrected chi connectivity index (χ4v) is 2.13. The summed E-state index contributed by atoms with van der Waals surface area (Å²) in [5, 5.41) is 0.992. The Labute approximate surface area is 101 Å². The molecule has 0 atom stereocenters. The van der Waals surface area contributed by atoms with Crippen LogP contribution in [-0.4, -0.2) is 22.1 Å². The first-order chi connectivity index (χ1) is 7.72. The summed E-state index contributed by atoms with van der Waals surface area (Å²) < 4.78 is 7.69. The topological polar surface area (TPSA) is 44.1 Å². The average molecular weight is 283 g/mol. The predicted molar refractivity (Wildman–Crippen MR) is 64.1 cm³/mol. The van der Waals surface area contributed by atoms with Gasteiger partial charge >= 0.3 is 5.97 Å². The maximum Gasteiger partial charge on any atom is 0.325 e. The van der Waals surface area contributed by atoms with Crippen molar-refractivity contribution in [1.29, 1.82) is 0 Å². The molecule has 0 aliphatic carbocycles. The standard InChI is InChI=1S/C11H11BrN2O2/c1-2-16-11(15)7-14-6-9(12)8-5-13-4-3-10(8)14/h3-6H,2,7H2,1H3. The largest absolute Gasteiger partial charge is 0.465 e. The number of carbonyl (C=O) groups is 1. The van der Waals surface area contributed by atoms with E-state index in [-0.39, 0.29) is 12.5 Å². The molecule has 4 nitrogen and oxygen atoms in total. The number of esters is 1. The summed E-state index contributed by atoms with van der Waals surface area (Å²) in [7, 11) is 0. The molecule has 0 aromatic carbocycles. The highest BCUT2D eigenvalue weighted by Crippen LogP contribution is 2.24. The van der Waals surface area contributed by atoms with E-state index in [4.69, 9.17) is 4.74 Å². The molecule has 0 N–H and O–H groups in total. The zero-order valence-electron chi connectivity index (χ0n) is 8.81. The van der Waals surface area contributed by atoms with Crippen molar-refractivity contribution in [3.05, 3.63) is 29.1 Å². The summed E-state index contributed by atoms with van der Waals surface area (Å²) in [4.78, 5) is 15.4. The highest BCUT2D eigenvalue weighted by atomic mass is 79.9. The van der Waals surface area contributed by atoms with Gasteiger partial charge in [-0.25, -0.2) is 0 Å². The van der Waals surface area contributed by atoms with Crippen LogP contribution in [0.25, 0.3) is 10.9 Å². The van der Waals surface area contributed by atoms with Gasteiger partial charge in [-0.05, 0) is 28.9 Å². The second kappa shape index (κ2) is 4.65. The van der Waals surface area contributed by atoms with Crippen molar-refractivity contribution < 1.29 is 9.53 Å². The van der Waals surface area contributed by atoms with Gasteiger partial charge in [0.15, 0.2) is 0 Å². The fraction of sp³-hybridized carbons (Fsp3) is 0.273. The number of carbonyl (C=O) groups excluding carboxylic acids is 1. The van der Waals surface area contributed by atoms with Crippen molar-refractivity contribution in [3.63, 3.8) is 0 Å². The summed E-state index contributed by atoms with van der Waals surface area (Å²) in [6, 6.07) is 1.87. The summed E-state index contributed by atoms with van der Waals surface area (Å²) in [6.45, 7) is 2.42. The van der Waals surface area contributed by atoms with Gasteiger partial charge in [0.2, 0.25) is 0 Å². The predicted octanol–water partition coefficient (Wildman–Crippen LogP) is 2.36. The Balaban J connectivity index is 2.34. The fourth-order valence-electron chi connectivity index (χ4n) is 1.57. The van der Waals surface area contributed by atoms with E-state index < -0.39 is 0 Å². The van der Waals surface area contributed by atoms with E-state index in [1.165, 1.54) is 0 Å². The number of aromatic nitrogens is 2. The summed E-state index contributed by atoms with van der Waals surface area (Å²) in [5.74, 6) is -0.233. The number of hydrogen-bond acceptors (Lipinski definition) is 3. The van der Waals surface area contributed by atoms with Crippen LogP contribution >= 0.6 is 15.9 Å². The van der Waals surface area contributed by atoms with Crippen molar-refractivity contribution >= 4 is 32.8 Å². The van der Waals surface area contributed by atoms with Crippen molar-refractivity contribution in [1.82, 2.24) is 9.55 Å². The Bertz CT molecular complexity index is 522. The first-order valence-electron chi connectivity index (χ1n) is 4.96. The van der Waals surface area contributed by atoms with Crippen LogP contribution in [-0.2, 0) is 16.1 Å². The molecule has 0 fully saturated rings. The minimum atomic E-state index is -0.233. The van der Waals surface area contributed by atoms with Gasteiger partial charge in [-0.1, -0.05) is 0 Å². The molecule has 0 saturated heterocycles. The normalized spacial score (nSPS) is 10.6. The Kier molecular flexibility index (Phi) is 3.24. The van der Waals surface area contributed by atoms with E-state index in [9.17, 15) is 4.79 Å². The maximum atomic E-state index is 11.4. The molecule has 0 spiro atoms. The lowest BCUT2D eigenvalue weighted by atomic mass is 10.3. The number of nitrogens with zero attached hydrogens (tertiary/aromatic N) is 2. The number of pyridine rings is 1. The van der Waals surface area contributed by atoms with Crippen molar-refractivity contribution in [3.8, 4) is 0 Å². The second-order valence-electron chi connectivity index (χ2n) is 3.30. The molecule has 0 aliphatic heterocycles. The number of rotatable bonds is 3. The molecule has 16 heavy (non-hydrogen) atoms. The van der Waals surface area contributed by atoms with Crippen LogP contribution < -0.4 is 0 Å². The third kappa shape index (κ3) is 2.09. The van der Waals surface area contributed by atoms with Crippen LogP contribution in [0.2, 0.25) is 0 Å². The molecular weight excluding hydrogens is 272 g/mol. The van der Waals surface area contributed by atoms with Crippen LogP contribution in [0.15, 0.2) is 29.1 Å². The zero-order valence-corrected chi connectivity index (χ0v) is 10.4. The summed E-state index contributed by atoms with van der Waals surface area (Å²) in [6.07, 6.45) is 5.33. The Morgan fingerprint density at radius 1 is 1.62 bits per heavy atom. The van der Waals surface area contributed by atoms with Gasteiger partial charge in [-0.3, -0.25) is 9.78 Å². The quantitative estimate of drug-likeness (QED) is 0.812. The molecule has 2 heterocycles. The molecule has 0 radical (unpaired) electrons. The van der Waals surface area contributed by atoms with E-state index >= 15 is 0 Å². The SMILES string of the molecule is CCOC(=O)Cn1cc(Br)c2cnccc21. The first-order valence-corrected chi connectivity index (χ1v) is 5.75. The third-order valence-corrected chi connectivity index (χ3v) is 2.87. The molecule has 2 aromatic heterocycles. The monoisotopic (exact) mass is 282 g/mol. The van der Waals surface area contributed by atoms with Gasteiger partial charge in [0, 0.05) is 28.4 Å². The molecule has 2 aromatic rings. The molecule has 5 heteroatoms. The number of ether oxygens (including phenoxy) is 1. The minimum Gasteiger partial charge on any atom is -0.465 e. The lowest BCUT2D eigenvalue weighted by Crippen LogP contribution is -2.12. The molecule has 84 valence electrons. The lowest BCUT2D eigenvalue weighted by molar-refractivity contribution is -0.143. The highest BCUT2D eigenvalue weighted by Gasteiger charge is 2.09. The minimum absolute atomic E-state index is 0.222. The van der Waals surface area contributed by atoms with Gasteiger partial charge in [-0.2, -0.15) is 0 Å². The highest BCUT2D eigenvalue weighted by molar-refractivity contribution is 9.10. The van der Waals surface area contributed by atoms with E-state index in [1.54, 1.807) is 19.3 Å². The van der Waals surface area contributed by atoms with Crippen LogP contribution in [0.5, 0.6) is 0 Å². The molecule has 0 amide bonds. The van der Waals surface area contributed by atoms with Crippen LogP contribution in [0, 0.1) is 0 Å². The van der Waals surface area contributed by atoms with Gasteiger partial charge in [0.05, 0.1) is 12.1 Å². The van der Waals surface area contributed by atoms with E-state index in [1.807, 2.05) is 16.8 Å². The second-order valence-corrected chi connectivity index (χ2v) is 4.16. The van der Waals surface area contributed by atoms with Crippen LogP contribution in [0.3, 0.4) is 0 Å². The average Bonchev–Trinajstić information content (AvgIpc) is 2.57. The Morgan fingerprint density at radius 3 is 3.19 bits per heavy atom. The van der Waals surface area contributed by atoms with Gasteiger partial charge in [0.1, 0.15) is 6.54 Å². The lowest BCUT2D eigenvalue weighted by Gasteiger charge is -2.04. The summed E-state index contributed by atoms with van der Waals surface area (Å²) >= 11 is 3.43. The van der Waals surface area contributed by atoms with E-state index in [0.717, 1.165) is 15.4 Å². The molecule has 0 aliphatic rings. The Morgan fingerprint density at radius 2 is 2.44 bits per heavy atom. The van der Waals surface area contributed by atoms with Crippen LogP contribution in [0.4, 0.5) is 0 Å². The first kappa shape index (κ1) is 11.1. The van der Waals surface area contributed by atoms with Crippen LogP contribution in [0.1, 0.15) is 6.92 Å². The smallest absolute Gasteiger partial charge is 0.325 e. The van der Waals surface area contributed by atoms with Crippen molar-refractivity contribution in [2.45, 2.75) is 13.5 Å². The molecule has 0 bridgehead atoms. The van der Waals surface area contributed by atoms with Gasteiger partial charge in [-0.15, -0.1) is 0 Å². The van der Waals surface area contributed by atoms with E-state index in [0.29, 0.717) is 6.61 Å². The molecular formula is C11H11BrN2O2. The van der Waals surface area contributed by atoms with E-state index in [2.05, 4.69) is 20.9 Å². The van der Waals surface area contributed by atoms with Gasteiger partial charge < -0.3 is 9.30 Å². The molecule has 0 saturated carbocycles. The van der Waals surface area contributed by atoms with Crippen molar-refractivity contribution in [2.24, 2.45) is 0 Å². The number of halogens is 1. The summed E-state index contributed by atoms with van der Waals surface area (Å²) in [5.41, 5.74) is 0.968. The molecule has 2 rings (SSSR count). The number of fused-ring (bicyclic) bond motifs is 1. The zero-order chi connectivity index (χ0) is 11.5. The third-order valence-electron chi connectivity index (χ3n) is 2.24. The van der Waals surface area contributed by atoms with Gasteiger partial charge in [0.25, 0.3) is 0 Å². The molecule has 0 unspecified atom stereocenters. The Hall–Kier alpha value is -1.36.